The number of H-pyrrole nitrogens is 1. The number of aromatic nitrogens is 1. The van der Waals surface area contributed by atoms with Crippen LogP contribution >= 0.6 is 0 Å². The second-order valence-corrected chi connectivity index (χ2v) is 9.72. The molecule has 0 atom stereocenters. The summed E-state index contributed by atoms with van der Waals surface area (Å²) in [5.41, 5.74) is 2.74. The fourth-order valence-corrected chi connectivity index (χ4v) is 4.70. The van der Waals surface area contributed by atoms with Gasteiger partial charge >= 0.3 is 0 Å². The van der Waals surface area contributed by atoms with Gasteiger partial charge in [-0.1, -0.05) is 26.0 Å². The standard InChI is InChI=1S/C25H31N3O3/c1-25(2)14-21-19(22(29)15-25)13-20(23(30)26-21)24(31)27(3)16-17-7-9-18(10-8-17)28-11-5-4-6-12-28/h7-10,13H,4-6,11-12,14-16H2,1-3H3,(H,26,30). The molecule has 0 unspecified atom stereocenters. The molecule has 1 saturated heterocycles. The van der Waals surface area contributed by atoms with Crippen molar-refractivity contribution in [2.45, 2.75) is 52.5 Å². The lowest BCUT2D eigenvalue weighted by Crippen LogP contribution is -2.35. The molecule has 1 aliphatic carbocycles. The number of nitrogens with one attached hydrogen (secondary N) is 1. The number of amides is 1. The zero-order chi connectivity index (χ0) is 22.2. The van der Waals surface area contributed by atoms with E-state index < -0.39 is 5.56 Å². The van der Waals surface area contributed by atoms with Gasteiger partial charge in [0.1, 0.15) is 5.56 Å². The number of ketones is 1. The van der Waals surface area contributed by atoms with E-state index in [1.807, 2.05) is 26.0 Å². The molecule has 6 nitrogen and oxygen atoms in total. The smallest absolute Gasteiger partial charge is 0.261 e. The summed E-state index contributed by atoms with van der Waals surface area (Å²) in [6.45, 7) is 6.60. The van der Waals surface area contributed by atoms with Crippen LogP contribution in [0.15, 0.2) is 35.1 Å². The largest absolute Gasteiger partial charge is 0.372 e. The summed E-state index contributed by atoms with van der Waals surface area (Å²) in [5.74, 6) is -0.394. The summed E-state index contributed by atoms with van der Waals surface area (Å²) >= 11 is 0. The van der Waals surface area contributed by atoms with E-state index in [2.05, 4.69) is 22.0 Å². The number of hydrogen-bond acceptors (Lipinski definition) is 4. The molecule has 0 spiro atoms. The molecule has 1 aromatic heterocycles. The molecule has 2 heterocycles. The number of rotatable bonds is 4. The van der Waals surface area contributed by atoms with E-state index in [-0.39, 0.29) is 22.7 Å². The van der Waals surface area contributed by atoms with Crippen molar-refractivity contribution in [1.82, 2.24) is 9.88 Å². The van der Waals surface area contributed by atoms with E-state index in [1.54, 1.807) is 7.05 Å². The summed E-state index contributed by atoms with van der Waals surface area (Å²) in [4.78, 5) is 44.9. The number of benzene rings is 1. The third-order valence-electron chi connectivity index (χ3n) is 6.37. The Bertz CT molecular complexity index is 1050. The minimum atomic E-state index is -0.429. The van der Waals surface area contributed by atoms with Gasteiger partial charge in [-0.15, -0.1) is 0 Å². The summed E-state index contributed by atoms with van der Waals surface area (Å²) < 4.78 is 0. The molecule has 1 amide bonds. The summed E-state index contributed by atoms with van der Waals surface area (Å²) in [6.07, 6.45) is 4.80. The molecular formula is C25H31N3O3. The molecule has 1 fully saturated rings. The molecule has 0 bridgehead atoms. The van der Waals surface area contributed by atoms with Gasteiger partial charge in [0, 0.05) is 50.0 Å². The minimum absolute atomic E-state index is 0.0208. The van der Waals surface area contributed by atoms with Gasteiger partial charge in [-0.05, 0) is 54.9 Å². The Morgan fingerprint density at radius 3 is 2.42 bits per heavy atom. The second kappa shape index (κ2) is 8.33. The van der Waals surface area contributed by atoms with Crippen LogP contribution in [-0.2, 0) is 13.0 Å². The Morgan fingerprint density at radius 1 is 1.06 bits per heavy atom. The van der Waals surface area contributed by atoms with E-state index in [4.69, 9.17) is 0 Å². The first-order valence-electron chi connectivity index (χ1n) is 11.1. The van der Waals surface area contributed by atoms with Crippen molar-refractivity contribution in [1.29, 1.82) is 0 Å². The number of aromatic amines is 1. The number of fused-ring (bicyclic) bond motifs is 1. The van der Waals surface area contributed by atoms with E-state index >= 15 is 0 Å². The Morgan fingerprint density at radius 2 is 1.74 bits per heavy atom. The normalized spacial score (nSPS) is 17.9. The number of anilines is 1. The molecule has 164 valence electrons. The highest BCUT2D eigenvalue weighted by Gasteiger charge is 2.33. The zero-order valence-corrected chi connectivity index (χ0v) is 18.7. The minimum Gasteiger partial charge on any atom is -0.372 e. The van der Waals surface area contributed by atoms with Gasteiger partial charge in [0.05, 0.1) is 0 Å². The van der Waals surface area contributed by atoms with Gasteiger partial charge in [-0.3, -0.25) is 14.4 Å². The zero-order valence-electron chi connectivity index (χ0n) is 18.7. The van der Waals surface area contributed by atoms with E-state index in [0.717, 1.165) is 18.7 Å². The summed E-state index contributed by atoms with van der Waals surface area (Å²) in [6, 6.07) is 9.77. The number of nitrogens with zero attached hydrogens (tertiary/aromatic N) is 2. The third-order valence-corrected chi connectivity index (χ3v) is 6.37. The van der Waals surface area contributed by atoms with Gasteiger partial charge in [-0.25, -0.2) is 0 Å². The van der Waals surface area contributed by atoms with Crippen LogP contribution < -0.4 is 10.5 Å². The number of carbonyl (C=O) groups is 2. The van der Waals surface area contributed by atoms with Crippen LogP contribution in [0.1, 0.15) is 71.5 Å². The fourth-order valence-electron chi connectivity index (χ4n) is 4.70. The van der Waals surface area contributed by atoms with Crippen molar-refractivity contribution in [3.8, 4) is 0 Å². The van der Waals surface area contributed by atoms with Gasteiger partial charge in [0.15, 0.2) is 5.78 Å². The molecule has 1 N–H and O–H groups in total. The second-order valence-electron chi connectivity index (χ2n) is 9.72. The van der Waals surface area contributed by atoms with Crippen LogP contribution in [0.2, 0.25) is 0 Å². The molecule has 0 saturated carbocycles. The number of hydrogen-bond donors (Lipinski definition) is 1. The predicted molar refractivity (Wildman–Crippen MR) is 122 cm³/mol. The fraction of sp³-hybridized carbons (Fsp3) is 0.480. The summed E-state index contributed by atoms with van der Waals surface area (Å²) in [5, 5.41) is 0. The Balaban J connectivity index is 1.49. The molecule has 2 aromatic rings. The quantitative estimate of drug-likeness (QED) is 0.815. The number of carbonyl (C=O) groups excluding carboxylic acids is 2. The van der Waals surface area contributed by atoms with Gasteiger partial charge in [0.2, 0.25) is 0 Å². The molecule has 6 heteroatoms. The molecule has 0 radical (unpaired) electrons. The Kier molecular flexibility index (Phi) is 5.73. The van der Waals surface area contributed by atoms with Crippen molar-refractivity contribution in [2.75, 3.05) is 25.0 Å². The third kappa shape index (κ3) is 4.58. The number of Topliss-reactive ketones (excluding diaryl/α,β-unsaturated/α-hetero) is 1. The number of pyridine rings is 1. The van der Waals surface area contributed by atoms with Crippen LogP contribution in [0.25, 0.3) is 0 Å². The highest BCUT2D eigenvalue weighted by molar-refractivity contribution is 6.02. The topological polar surface area (TPSA) is 73.5 Å². The monoisotopic (exact) mass is 421 g/mol. The first kappa shape index (κ1) is 21.3. The average molecular weight is 422 g/mol. The van der Waals surface area contributed by atoms with Crippen LogP contribution in [0.5, 0.6) is 0 Å². The summed E-state index contributed by atoms with van der Waals surface area (Å²) in [7, 11) is 1.69. The van der Waals surface area contributed by atoms with Crippen molar-refractivity contribution in [3.63, 3.8) is 0 Å². The lowest BCUT2D eigenvalue weighted by atomic mass is 9.75. The van der Waals surface area contributed by atoms with E-state index in [1.165, 1.54) is 35.9 Å². The number of piperidine rings is 1. The van der Waals surface area contributed by atoms with Crippen LogP contribution in [-0.4, -0.2) is 41.7 Å². The SMILES string of the molecule is CN(Cc1ccc(N2CCCCC2)cc1)C(=O)c1cc2c([nH]c1=O)CC(C)(C)CC2=O. The van der Waals surface area contributed by atoms with Gasteiger partial charge in [-0.2, -0.15) is 0 Å². The molecule has 4 rings (SSSR count). The van der Waals surface area contributed by atoms with Crippen LogP contribution in [0.3, 0.4) is 0 Å². The molecule has 2 aliphatic rings. The van der Waals surface area contributed by atoms with Crippen molar-refractivity contribution >= 4 is 17.4 Å². The van der Waals surface area contributed by atoms with Crippen molar-refractivity contribution in [3.05, 3.63) is 63.1 Å². The first-order valence-corrected chi connectivity index (χ1v) is 11.1. The molecule has 31 heavy (non-hydrogen) atoms. The van der Waals surface area contributed by atoms with E-state index in [9.17, 15) is 14.4 Å². The first-order chi connectivity index (χ1) is 14.7. The highest BCUT2D eigenvalue weighted by Crippen LogP contribution is 2.33. The molecular weight excluding hydrogens is 390 g/mol. The maximum absolute atomic E-state index is 13.0. The van der Waals surface area contributed by atoms with Crippen molar-refractivity contribution < 1.29 is 9.59 Å². The average Bonchev–Trinajstić information content (AvgIpc) is 2.73. The highest BCUT2D eigenvalue weighted by atomic mass is 16.2. The van der Waals surface area contributed by atoms with E-state index in [0.29, 0.717) is 30.6 Å². The Hall–Kier alpha value is -2.89. The molecule has 1 aliphatic heterocycles. The van der Waals surface area contributed by atoms with Crippen LogP contribution in [0.4, 0.5) is 5.69 Å². The maximum atomic E-state index is 13.0. The Labute approximate surface area is 183 Å². The predicted octanol–water partition coefficient (Wildman–Crippen LogP) is 3.79. The van der Waals surface area contributed by atoms with Crippen molar-refractivity contribution in [2.24, 2.45) is 5.41 Å². The van der Waals surface area contributed by atoms with Crippen LogP contribution in [0, 0.1) is 5.41 Å². The lowest BCUT2D eigenvalue weighted by molar-refractivity contribution is 0.0783. The maximum Gasteiger partial charge on any atom is 0.261 e. The lowest BCUT2D eigenvalue weighted by Gasteiger charge is -2.30. The molecule has 1 aromatic carbocycles. The van der Waals surface area contributed by atoms with Gasteiger partial charge in [0.25, 0.3) is 11.5 Å². The van der Waals surface area contributed by atoms with Gasteiger partial charge < -0.3 is 14.8 Å².